The average molecular weight is 300 g/mol. The van der Waals surface area contributed by atoms with Gasteiger partial charge in [-0.2, -0.15) is 0 Å². The van der Waals surface area contributed by atoms with Gasteiger partial charge in [0.25, 0.3) is 0 Å². The highest BCUT2D eigenvalue weighted by atomic mass is 16.5. The lowest BCUT2D eigenvalue weighted by molar-refractivity contribution is -0.134. The minimum absolute atomic E-state index is 0.0262. The fraction of sp³-hybridized carbons (Fsp3) is 0.412. The molecule has 1 saturated heterocycles. The molecule has 1 N–H and O–H groups in total. The second-order valence-corrected chi connectivity index (χ2v) is 5.82. The van der Waals surface area contributed by atoms with Crippen LogP contribution >= 0.6 is 0 Å². The number of aryl methyl sites for hydroxylation is 1. The summed E-state index contributed by atoms with van der Waals surface area (Å²) in [5, 5.41) is 14.2. The van der Waals surface area contributed by atoms with Crippen LogP contribution in [0.15, 0.2) is 40.9 Å². The Labute approximate surface area is 129 Å². The maximum atomic E-state index is 12.3. The highest BCUT2D eigenvalue weighted by Gasteiger charge is 2.31. The van der Waals surface area contributed by atoms with Crippen LogP contribution < -0.4 is 0 Å². The number of aromatic nitrogens is 1. The van der Waals surface area contributed by atoms with Crippen molar-refractivity contribution in [1.82, 2.24) is 10.1 Å². The zero-order chi connectivity index (χ0) is 15.5. The number of aliphatic hydroxyl groups excluding tert-OH is 1. The fourth-order valence-corrected chi connectivity index (χ4v) is 3.01. The zero-order valence-electron chi connectivity index (χ0n) is 12.6. The van der Waals surface area contributed by atoms with E-state index in [1.54, 1.807) is 11.0 Å². The molecular weight excluding hydrogens is 280 g/mol. The summed E-state index contributed by atoms with van der Waals surface area (Å²) in [5.74, 6) is 0.640. The smallest absolute Gasteiger partial charge is 0.230 e. The number of carbonyl (C=O) groups excluding carboxylic acids is 1. The molecule has 3 rings (SSSR count). The number of aliphatic hydroxyl groups is 1. The summed E-state index contributed by atoms with van der Waals surface area (Å²) in [7, 11) is 0. The highest BCUT2D eigenvalue weighted by Crippen LogP contribution is 2.28. The van der Waals surface area contributed by atoms with Crippen molar-refractivity contribution in [3.8, 4) is 0 Å². The van der Waals surface area contributed by atoms with E-state index in [-0.39, 0.29) is 18.2 Å². The Morgan fingerprint density at radius 3 is 2.82 bits per heavy atom. The molecule has 2 heterocycles. The summed E-state index contributed by atoms with van der Waals surface area (Å²) in [4.78, 5) is 14.0. The van der Waals surface area contributed by atoms with Gasteiger partial charge in [0.05, 0.1) is 18.2 Å². The van der Waals surface area contributed by atoms with Crippen LogP contribution in [-0.4, -0.2) is 40.3 Å². The molecule has 2 aromatic rings. The molecule has 5 nitrogen and oxygen atoms in total. The molecule has 5 heteroatoms. The number of β-amino-alcohol motifs (C(OH)–C–C–N with tert-alkyl or cyclic N) is 1. The Morgan fingerprint density at radius 1 is 1.41 bits per heavy atom. The van der Waals surface area contributed by atoms with Crippen LogP contribution in [0.1, 0.15) is 29.4 Å². The van der Waals surface area contributed by atoms with Crippen molar-refractivity contribution in [3.05, 3.63) is 53.4 Å². The Bertz CT molecular complexity index is 638. The van der Waals surface area contributed by atoms with Gasteiger partial charge in [0, 0.05) is 25.1 Å². The first-order valence-electron chi connectivity index (χ1n) is 7.56. The number of likely N-dealkylation sites (tertiary alicyclic amines) is 1. The van der Waals surface area contributed by atoms with Gasteiger partial charge in [-0.3, -0.25) is 4.79 Å². The molecular formula is C17H20N2O3. The minimum Gasteiger partial charge on any atom is -0.391 e. The van der Waals surface area contributed by atoms with Crippen molar-refractivity contribution in [2.45, 2.75) is 31.8 Å². The lowest BCUT2D eigenvalue weighted by Gasteiger charge is -2.36. The van der Waals surface area contributed by atoms with E-state index in [9.17, 15) is 9.90 Å². The Kier molecular flexibility index (Phi) is 4.24. The van der Waals surface area contributed by atoms with Crippen LogP contribution in [0.4, 0.5) is 0 Å². The van der Waals surface area contributed by atoms with Crippen molar-refractivity contribution < 1.29 is 14.4 Å². The molecule has 116 valence electrons. The molecule has 1 aromatic carbocycles. The topological polar surface area (TPSA) is 66.6 Å². The molecule has 1 aromatic heterocycles. The molecule has 0 bridgehead atoms. The van der Waals surface area contributed by atoms with E-state index >= 15 is 0 Å². The average Bonchev–Trinajstić information content (AvgIpc) is 2.93. The molecule has 1 amide bonds. The molecule has 0 aliphatic carbocycles. The summed E-state index contributed by atoms with van der Waals surface area (Å²) in [6, 6.07) is 11.8. The molecule has 0 saturated carbocycles. The number of hydrogen-bond acceptors (Lipinski definition) is 4. The number of rotatable bonds is 3. The first-order chi connectivity index (χ1) is 10.6. The van der Waals surface area contributed by atoms with Crippen LogP contribution in [0.5, 0.6) is 0 Å². The molecule has 0 spiro atoms. The van der Waals surface area contributed by atoms with E-state index in [0.717, 1.165) is 17.7 Å². The zero-order valence-corrected chi connectivity index (χ0v) is 12.6. The standard InChI is InChI=1S/C17H20N2O3/c1-12-9-14(22-18-12)10-17(21)19-8-7-15(16(20)11-19)13-5-3-2-4-6-13/h2-6,9,15-16,20H,7-8,10-11H2,1H3/t15-,16-/m1/s1. The van der Waals surface area contributed by atoms with Crippen molar-refractivity contribution >= 4 is 5.91 Å². The summed E-state index contributed by atoms with van der Waals surface area (Å²) >= 11 is 0. The number of benzene rings is 1. The number of nitrogens with zero attached hydrogens (tertiary/aromatic N) is 2. The first-order valence-corrected chi connectivity index (χ1v) is 7.56. The van der Waals surface area contributed by atoms with E-state index in [1.165, 1.54) is 0 Å². The third-order valence-electron chi connectivity index (χ3n) is 4.16. The van der Waals surface area contributed by atoms with Crippen molar-refractivity contribution in [2.75, 3.05) is 13.1 Å². The Balaban J connectivity index is 1.61. The van der Waals surface area contributed by atoms with Gasteiger partial charge < -0.3 is 14.5 Å². The van der Waals surface area contributed by atoms with E-state index in [0.29, 0.717) is 18.8 Å². The Morgan fingerprint density at radius 2 is 2.18 bits per heavy atom. The number of amides is 1. The van der Waals surface area contributed by atoms with Crippen LogP contribution in [0.3, 0.4) is 0 Å². The first kappa shape index (κ1) is 14.8. The van der Waals surface area contributed by atoms with Gasteiger partial charge in [-0.05, 0) is 18.9 Å². The van der Waals surface area contributed by atoms with E-state index in [2.05, 4.69) is 5.16 Å². The number of hydrogen-bond donors (Lipinski definition) is 1. The van der Waals surface area contributed by atoms with Gasteiger partial charge in [0.1, 0.15) is 5.76 Å². The van der Waals surface area contributed by atoms with Gasteiger partial charge >= 0.3 is 0 Å². The van der Waals surface area contributed by atoms with E-state index in [1.807, 2.05) is 37.3 Å². The van der Waals surface area contributed by atoms with Crippen LogP contribution in [0, 0.1) is 6.92 Å². The number of carbonyl (C=O) groups is 1. The van der Waals surface area contributed by atoms with Crippen LogP contribution in [-0.2, 0) is 11.2 Å². The second-order valence-electron chi connectivity index (χ2n) is 5.82. The normalized spacial score (nSPS) is 21.8. The SMILES string of the molecule is Cc1cc(CC(=O)N2CC[C@H](c3ccccc3)[C@H](O)C2)on1. The third-order valence-corrected chi connectivity index (χ3v) is 4.16. The monoisotopic (exact) mass is 300 g/mol. The Hall–Kier alpha value is -2.14. The summed E-state index contributed by atoms with van der Waals surface area (Å²) in [5.41, 5.74) is 1.90. The van der Waals surface area contributed by atoms with Crippen molar-refractivity contribution in [1.29, 1.82) is 0 Å². The highest BCUT2D eigenvalue weighted by molar-refractivity contribution is 5.78. The largest absolute Gasteiger partial charge is 0.391 e. The van der Waals surface area contributed by atoms with Crippen LogP contribution in [0.2, 0.25) is 0 Å². The molecule has 1 fully saturated rings. The van der Waals surface area contributed by atoms with Gasteiger partial charge in [-0.25, -0.2) is 0 Å². The van der Waals surface area contributed by atoms with Gasteiger partial charge in [-0.15, -0.1) is 0 Å². The second kappa shape index (κ2) is 6.32. The van der Waals surface area contributed by atoms with Gasteiger partial charge in [-0.1, -0.05) is 35.5 Å². The van der Waals surface area contributed by atoms with Crippen LogP contribution in [0.25, 0.3) is 0 Å². The quantitative estimate of drug-likeness (QED) is 0.940. The van der Waals surface area contributed by atoms with Gasteiger partial charge in [0.15, 0.2) is 0 Å². The molecule has 1 aliphatic heterocycles. The molecule has 0 radical (unpaired) electrons. The van der Waals surface area contributed by atoms with E-state index < -0.39 is 6.10 Å². The fourth-order valence-electron chi connectivity index (χ4n) is 3.01. The lowest BCUT2D eigenvalue weighted by Crippen LogP contribution is -2.46. The van der Waals surface area contributed by atoms with Crippen molar-refractivity contribution in [2.24, 2.45) is 0 Å². The third kappa shape index (κ3) is 3.20. The van der Waals surface area contributed by atoms with Crippen molar-refractivity contribution in [3.63, 3.8) is 0 Å². The minimum atomic E-state index is -0.531. The molecule has 22 heavy (non-hydrogen) atoms. The summed E-state index contributed by atoms with van der Waals surface area (Å²) in [6.07, 6.45) is 0.437. The molecule has 1 aliphatic rings. The molecule has 0 unspecified atom stereocenters. The summed E-state index contributed by atoms with van der Waals surface area (Å²) in [6.45, 7) is 2.85. The number of piperidine rings is 1. The summed E-state index contributed by atoms with van der Waals surface area (Å²) < 4.78 is 5.08. The lowest BCUT2D eigenvalue weighted by atomic mass is 9.87. The predicted molar refractivity (Wildman–Crippen MR) is 81.3 cm³/mol. The van der Waals surface area contributed by atoms with Gasteiger partial charge in [0.2, 0.25) is 5.91 Å². The van der Waals surface area contributed by atoms with E-state index in [4.69, 9.17) is 4.52 Å². The predicted octanol–water partition coefficient (Wildman–Crippen LogP) is 1.90. The maximum absolute atomic E-state index is 12.3. The molecule has 2 atom stereocenters. The maximum Gasteiger partial charge on any atom is 0.230 e.